The summed E-state index contributed by atoms with van der Waals surface area (Å²) >= 11 is 0. The summed E-state index contributed by atoms with van der Waals surface area (Å²) in [6.45, 7) is 0. The number of nitrogens with one attached hydrogen (secondary N) is 3. The Balaban J connectivity index is 1.54. The van der Waals surface area contributed by atoms with Crippen LogP contribution in [0.25, 0.3) is 0 Å². The molecular formula is C24H23N9O2. The SMILES string of the molecule is CN(C)c1ccc(C=NNc2nc(Nc3ccccc3)nc(Nc3ccc([N+](=O)[O-])cc3)n2)cc1. The molecule has 0 saturated carbocycles. The van der Waals surface area contributed by atoms with Crippen LogP contribution in [0, 0.1) is 10.1 Å². The van der Waals surface area contributed by atoms with Gasteiger partial charge in [-0.1, -0.05) is 30.3 Å². The maximum atomic E-state index is 10.9. The molecule has 0 unspecified atom stereocenters. The first-order valence-electron chi connectivity index (χ1n) is 10.6. The predicted molar refractivity (Wildman–Crippen MR) is 138 cm³/mol. The smallest absolute Gasteiger partial charge is 0.269 e. The highest BCUT2D eigenvalue weighted by molar-refractivity contribution is 5.80. The van der Waals surface area contributed by atoms with E-state index in [0.29, 0.717) is 11.6 Å². The van der Waals surface area contributed by atoms with E-state index in [1.165, 1.54) is 12.1 Å². The third-order valence-electron chi connectivity index (χ3n) is 4.79. The van der Waals surface area contributed by atoms with Gasteiger partial charge in [0.1, 0.15) is 0 Å². The average molecular weight is 470 g/mol. The van der Waals surface area contributed by atoms with Gasteiger partial charge in [0.25, 0.3) is 5.69 Å². The van der Waals surface area contributed by atoms with Gasteiger partial charge in [0.15, 0.2) is 0 Å². The summed E-state index contributed by atoms with van der Waals surface area (Å²) in [7, 11) is 3.96. The zero-order valence-corrected chi connectivity index (χ0v) is 19.1. The molecule has 0 saturated heterocycles. The number of aromatic nitrogens is 3. The standard InChI is InChI=1S/C24H23N9O2/c1-32(2)20-12-8-17(9-13-20)16-25-31-24-29-22(26-18-6-4-3-5-7-18)28-23(30-24)27-19-10-14-21(15-11-19)33(34)35/h3-16H,1-2H3,(H3,26,27,28,29,30,31). The van der Waals surface area contributed by atoms with Crippen LogP contribution in [0.1, 0.15) is 5.56 Å². The molecule has 35 heavy (non-hydrogen) atoms. The number of nitro benzene ring substituents is 1. The van der Waals surface area contributed by atoms with Gasteiger partial charge in [0, 0.05) is 43.3 Å². The second kappa shape index (κ2) is 10.7. The van der Waals surface area contributed by atoms with Gasteiger partial charge in [0.2, 0.25) is 17.8 Å². The van der Waals surface area contributed by atoms with Crippen LogP contribution < -0.4 is 21.0 Å². The minimum absolute atomic E-state index is 0.00654. The number of non-ortho nitro benzene ring substituents is 1. The quantitative estimate of drug-likeness (QED) is 0.180. The lowest BCUT2D eigenvalue weighted by atomic mass is 10.2. The third-order valence-corrected chi connectivity index (χ3v) is 4.79. The van der Waals surface area contributed by atoms with Crippen LogP contribution in [0.5, 0.6) is 0 Å². The molecule has 176 valence electrons. The van der Waals surface area contributed by atoms with Crippen molar-refractivity contribution in [1.82, 2.24) is 15.0 Å². The van der Waals surface area contributed by atoms with Gasteiger partial charge in [-0.25, -0.2) is 5.43 Å². The van der Waals surface area contributed by atoms with Gasteiger partial charge in [-0.15, -0.1) is 0 Å². The van der Waals surface area contributed by atoms with Crippen LogP contribution in [0.3, 0.4) is 0 Å². The van der Waals surface area contributed by atoms with Crippen molar-refractivity contribution in [3.8, 4) is 0 Å². The van der Waals surface area contributed by atoms with Crippen molar-refractivity contribution in [2.24, 2.45) is 5.10 Å². The molecular weight excluding hydrogens is 446 g/mol. The van der Waals surface area contributed by atoms with Crippen molar-refractivity contribution < 1.29 is 4.92 Å². The number of nitrogens with zero attached hydrogens (tertiary/aromatic N) is 6. The molecule has 3 aromatic carbocycles. The Labute approximate surface area is 201 Å². The summed E-state index contributed by atoms with van der Waals surface area (Å²) in [6, 6.07) is 23.3. The van der Waals surface area contributed by atoms with Crippen LogP contribution in [-0.2, 0) is 0 Å². The van der Waals surface area contributed by atoms with E-state index in [-0.39, 0.29) is 17.6 Å². The first-order valence-corrected chi connectivity index (χ1v) is 10.6. The fraction of sp³-hybridized carbons (Fsp3) is 0.0833. The first-order chi connectivity index (χ1) is 17.0. The number of para-hydroxylation sites is 1. The highest BCUT2D eigenvalue weighted by atomic mass is 16.6. The maximum absolute atomic E-state index is 10.9. The Kier molecular flexibility index (Phi) is 7.07. The Hall–Kier alpha value is -5.06. The van der Waals surface area contributed by atoms with Crippen LogP contribution in [-0.4, -0.2) is 40.2 Å². The molecule has 3 N–H and O–H groups in total. The van der Waals surface area contributed by atoms with Crippen molar-refractivity contribution in [1.29, 1.82) is 0 Å². The minimum atomic E-state index is -0.456. The molecule has 0 amide bonds. The van der Waals surface area contributed by atoms with E-state index in [9.17, 15) is 10.1 Å². The normalized spacial score (nSPS) is 10.7. The van der Waals surface area contributed by atoms with Gasteiger partial charge in [-0.2, -0.15) is 20.1 Å². The van der Waals surface area contributed by atoms with E-state index in [2.05, 4.69) is 36.1 Å². The highest BCUT2D eigenvalue weighted by Gasteiger charge is 2.09. The molecule has 0 aliphatic carbocycles. The lowest BCUT2D eigenvalue weighted by Crippen LogP contribution is -2.08. The van der Waals surface area contributed by atoms with Gasteiger partial charge in [0.05, 0.1) is 11.1 Å². The number of hydrogen-bond acceptors (Lipinski definition) is 10. The zero-order valence-electron chi connectivity index (χ0n) is 19.1. The number of nitro groups is 1. The molecule has 4 rings (SSSR count). The lowest BCUT2D eigenvalue weighted by Gasteiger charge is -2.11. The van der Waals surface area contributed by atoms with Crippen LogP contribution in [0.4, 0.5) is 40.6 Å². The van der Waals surface area contributed by atoms with E-state index in [1.54, 1.807) is 18.3 Å². The number of anilines is 6. The average Bonchev–Trinajstić information content (AvgIpc) is 2.85. The third kappa shape index (κ3) is 6.48. The van der Waals surface area contributed by atoms with E-state index in [1.807, 2.05) is 73.6 Å². The van der Waals surface area contributed by atoms with E-state index in [0.717, 1.165) is 16.9 Å². The van der Waals surface area contributed by atoms with Crippen LogP contribution in [0.2, 0.25) is 0 Å². The second-order valence-electron chi connectivity index (χ2n) is 7.58. The Morgan fingerprint density at radius 3 is 1.94 bits per heavy atom. The van der Waals surface area contributed by atoms with Gasteiger partial charge >= 0.3 is 0 Å². The van der Waals surface area contributed by atoms with E-state index >= 15 is 0 Å². The molecule has 0 spiro atoms. The van der Waals surface area contributed by atoms with Crippen molar-refractivity contribution in [3.05, 3.63) is 94.5 Å². The summed E-state index contributed by atoms with van der Waals surface area (Å²) in [5.74, 6) is 0.743. The van der Waals surface area contributed by atoms with E-state index < -0.39 is 4.92 Å². The molecule has 0 atom stereocenters. The topological polar surface area (TPSA) is 134 Å². The van der Waals surface area contributed by atoms with Gasteiger partial charge in [-0.3, -0.25) is 10.1 Å². The van der Waals surface area contributed by atoms with Crippen LogP contribution >= 0.6 is 0 Å². The molecule has 0 aliphatic heterocycles. The Morgan fingerprint density at radius 2 is 1.37 bits per heavy atom. The number of rotatable bonds is 9. The summed E-state index contributed by atoms with van der Waals surface area (Å²) in [5, 5.41) is 21.3. The molecule has 11 heteroatoms. The Morgan fingerprint density at radius 1 is 0.800 bits per heavy atom. The summed E-state index contributed by atoms with van der Waals surface area (Å²) in [6.07, 6.45) is 1.66. The van der Waals surface area contributed by atoms with Crippen molar-refractivity contribution in [2.75, 3.05) is 35.1 Å². The van der Waals surface area contributed by atoms with E-state index in [4.69, 9.17) is 0 Å². The van der Waals surface area contributed by atoms with Gasteiger partial charge in [-0.05, 0) is 42.0 Å². The molecule has 1 heterocycles. The maximum Gasteiger partial charge on any atom is 0.269 e. The fourth-order valence-corrected chi connectivity index (χ4v) is 3.01. The fourth-order valence-electron chi connectivity index (χ4n) is 3.01. The molecule has 4 aromatic rings. The molecule has 1 aromatic heterocycles. The van der Waals surface area contributed by atoms with Crippen molar-refractivity contribution >= 4 is 46.8 Å². The lowest BCUT2D eigenvalue weighted by molar-refractivity contribution is -0.384. The van der Waals surface area contributed by atoms with Crippen molar-refractivity contribution in [2.45, 2.75) is 0 Å². The van der Waals surface area contributed by atoms with Crippen molar-refractivity contribution in [3.63, 3.8) is 0 Å². The van der Waals surface area contributed by atoms with Gasteiger partial charge < -0.3 is 15.5 Å². The number of hydrazone groups is 1. The molecule has 11 nitrogen and oxygen atoms in total. The summed E-state index contributed by atoms with van der Waals surface area (Å²) < 4.78 is 0. The summed E-state index contributed by atoms with van der Waals surface area (Å²) in [5.41, 5.74) is 6.21. The molecule has 0 aliphatic rings. The zero-order chi connectivity index (χ0) is 24.6. The molecule has 0 bridgehead atoms. The Bertz CT molecular complexity index is 1310. The molecule has 0 radical (unpaired) electrons. The molecule has 0 fully saturated rings. The van der Waals surface area contributed by atoms with Crippen LogP contribution in [0.15, 0.2) is 84.0 Å². The monoisotopic (exact) mass is 469 g/mol. The second-order valence-corrected chi connectivity index (χ2v) is 7.58. The number of benzene rings is 3. The number of hydrogen-bond donors (Lipinski definition) is 3. The summed E-state index contributed by atoms with van der Waals surface area (Å²) in [4.78, 5) is 25.6. The first kappa shape index (κ1) is 23.1. The predicted octanol–water partition coefficient (Wildman–Crippen LogP) is 4.78. The highest BCUT2D eigenvalue weighted by Crippen LogP contribution is 2.21. The minimum Gasteiger partial charge on any atom is -0.378 e. The largest absolute Gasteiger partial charge is 0.378 e.